The molecule has 0 saturated carbocycles. The van der Waals surface area contributed by atoms with Crippen LogP contribution in [0.25, 0.3) is 22.6 Å². The van der Waals surface area contributed by atoms with E-state index in [-0.39, 0.29) is 5.89 Å². The fraction of sp³-hybridized carbons (Fsp3) is 0.130. The molecule has 2 aromatic carbocycles. The molecule has 0 unspecified atom stereocenters. The fourth-order valence-electron chi connectivity index (χ4n) is 3.40. The van der Waals surface area contributed by atoms with Crippen molar-refractivity contribution < 1.29 is 18.0 Å². The molecule has 0 fully saturated rings. The first-order chi connectivity index (χ1) is 15.8. The first-order valence-electron chi connectivity index (χ1n) is 9.87. The van der Waals surface area contributed by atoms with Crippen LogP contribution in [-0.2, 0) is 7.05 Å². The summed E-state index contributed by atoms with van der Waals surface area (Å²) >= 11 is 0. The third-order valence-electron chi connectivity index (χ3n) is 5.02. The Bertz CT molecular complexity index is 1410. The highest BCUT2D eigenvalue weighted by Crippen LogP contribution is 2.33. The third kappa shape index (κ3) is 4.22. The zero-order valence-electron chi connectivity index (χ0n) is 17.9. The van der Waals surface area contributed by atoms with Gasteiger partial charge in [-0.3, -0.25) is 4.79 Å². The molecular weight excluding hydrogens is 432 g/mol. The minimum absolute atomic E-state index is 0.132. The molecule has 0 radical (unpaired) electrons. The molecule has 0 spiro atoms. The predicted octanol–water partition coefficient (Wildman–Crippen LogP) is 3.98. The molecule has 1 amide bonds. The van der Waals surface area contributed by atoms with Crippen molar-refractivity contribution in [3.63, 3.8) is 0 Å². The minimum atomic E-state index is -0.941. The van der Waals surface area contributed by atoms with E-state index in [1.165, 1.54) is 19.3 Å². The van der Waals surface area contributed by atoms with E-state index < -0.39 is 28.9 Å². The van der Waals surface area contributed by atoms with E-state index in [9.17, 15) is 18.4 Å². The second-order valence-electron chi connectivity index (χ2n) is 7.25. The molecule has 0 atom stereocenters. The van der Waals surface area contributed by atoms with Gasteiger partial charge in [0.1, 0.15) is 23.0 Å². The molecule has 0 saturated heterocycles. The van der Waals surface area contributed by atoms with Gasteiger partial charge in [0.15, 0.2) is 0 Å². The molecule has 0 aliphatic rings. The summed E-state index contributed by atoms with van der Waals surface area (Å²) in [6.07, 6.45) is 1.54. The number of hydrogen-bond donors (Lipinski definition) is 2. The number of nitrogens with one attached hydrogen (secondary N) is 2. The maximum absolute atomic E-state index is 13.9. The Hall–Kier alpha value is -4.34. The number of nitrogens with zero attached hydrogens (tertiary/aromatic N) is 3. The van der Waals surface area contributed by atoms with Crippen LogP contribution in [0.3, 0.4) is 0 Å². The Labute approximate surface area is 186 Å². The summed E-state index contributed by atoms with van der Waals surface area (Å²) in [6, 6.07) is 10.1. The summed E-state index contributed by atoms with van der Waals surface area (Å²) in [7, 11) is 3.20. The second-order valence-corrected chi connectivity index (χ2v) is 7.25. The lowest BCUT2D eigenvalue weighted by Crippen LogP contribution is -2.15. The van der Waals surface area contributed by atoms with E-state index in [1.807, 2.05) is 6.92 Å². The van der Waals surface area contributed by atoms with Crippen molar-refractivity contribution in [2.75, 3.05) is 17.7 Å². The van der Waals surface area contributed by atoms with E-state index in [1.54, 1.807) is 31.3 Å². The first-order valence-corrected chi connectivity index (χ1v) is 9.87. The number of halogens is 2. The van der Waals surface area contributed by atoms with Crippen LogP contribution in [0.4, 0.5) is 20.3 Å². The van der Waals surface area contributed by atoms with Gasteiger partial charge in [0.25, 0.3) is 11.8 Å². The lowest BCUT2D eigenvalue weighted by atomic mass is 9.99. The van der Waals surface area contributed by atoms with Crippen molar-refractivity contribution in [1.82, 2.24) is 14.8 Å². The van der Waals surface area contributed by atoms with E-state index in [2.05, 4.69) is 20.7 Å². The highest BCUT2D eigenvalue weighted by atomic mass is 19.1. The topological polar surface area (TPSA) is 102 Å². The molecule has 2 heterocycles. The van der Waals surface area contributed by atoms with Crippen LogP contribution in [-0.4, -0.2) is 27.7 Å². The summed E-state index contributed by atoms with van der Waals surface area (Å²) < 4.78 is 34.0. The van der Waals surface area contributed by atoms with Crippen LogP contribution in [0.1, 0.15) is 15.9 Å². The van der Waals surface area contributed by atoms with Gasteiger partial charge < -0.3 is 15.1 Å². The Morgan fingerprint density at radius 1 is 1.09 bits per heavy atom. The van der Waals surface area contributed by atoms with Gasteiger partial charge in [-0.2, -0.15) is 4.68 Å². The number of rotatable bonds is 5. The van der Waals surface area contributed by atoms with E-state index in [0.29, 0.717) is 22.6 Å². The molecule has 0 aliphatic carbocycles. The van der Waals surface area contributed by atoms with Crippen molar-refractivity contribution in [3.05, 3.63) is 82.0 Å². The number of benzene rings is 2. The van der Waals surface area contributed by atoms with Crippen LogP contribution in [0, 0.1) is 18.6 Å². The van der Waals surface area contributed by atoms with Gasteiger partial charge in [0, 0.05) is 31.5 Å². The smallest absolute Gasteiger partial charge is 0.388 e. The summed E-state index contributed by atoms with van der Waals surface area (Å²) in [5.41, 5.74) is 2.48. The minimum Gasteiger partial charge on any atom is -0.388 e. The van der Waals surface area contributed by atoms with Gasteiger partial charge in [-0.05, 0) is 48.4 Å². The molecule has 33 heavy (non-hydrogen) atoms. The normalized spacial score (nSPS) is 10.8. The number of aromatic nitrogens is 3. The van der Waals surface area contributed by atoms with Crippen LogP contribution < -0.4 is 16.4 Å². The van der Waals surface area contributed by atoms with Crippen molar-refractivity contribution in [1.29, 1.82) is 0 Å². The number of carbonyl (C=O) groups excluding carboxylic acids is 1. The van der Waals surface area contributed by atoms with Crippen molar-refractivity contribution in [2.45, 2.75) is 6.92 Å². The number of anilines is 2. The highest BCUT2D eigenvalue weighted by molar-refractivity contribution is 6.04. The molecule has 0 bridgehead atoms. The molecule has 2 aromatic heterocycles. The number of aryl methyl sites for hydroxylation is 2. The van der Waals surface area contributed by atoms with E-state index >= 15 is 0 Å². The maximum Gasteiger partial charge on any atom is 0.437 e. The SMILES string of the molecule is CNc1ncc(-c2nn(C)c(=O)o2)cc1-c1ccc(NC(=O)c2c(F)cccc2F)cc1C. The van der Waals surface area contributed by atoms with Crippen LogP contribution in [0.15, 0.2) is 57.9 Å². The van der Waals surface area contributed by atoms with Crippen molar-refractivity contribution in [2.24, 2.45) is 7.05 Å². The predicted molar refractivity (Wildman–Crippen MR) is 119 cm³/mol. The largest absolute Gasteiger partial charge is 0.437 e. The van der Waals surface area contributed by atoms with Gasteiger partial charge in [0.2, 0.25) is 0 Å². The average Bonchev–Trinajstić information content (AvgIpc) is 3.11. The number of hydrogen-bond acceptors (Lipinski definition) is 6. The van der Waals surface area contributed by atoms with Crippen molar-refractivity contribution >= 4 is 17.4 Å². The summed E-state index contributed by atoms with van der Waals surface area (Å²) in [4.78, 5) is 28.4. The van der Waals surface area contributed by atoms with Gasteiger partial charge in [-0.15, -0.1) is 5.10 Å². The molecule has 2 N–H and O–H groups in total. The number of pyridine rings is 1. The summed E-state index contributed by atoms with van der Waals surface area (Å²) in [5, 5.41) is 9.59. The highest BCUT2D eigenvalue weighted by Gasteiger charge is 2.18. The molecule has 8 nitrogen and oxygen atoms in total. The Morgan fingerprint density at radius 2 is 1.82 bits per heavy atom. The first kappa shape index (κ1) is 21.9. The maximum atomic E-state index is 13.9. The van der Waals surface area contributed by atoms with Gasteiger partial charge in [-0.1, -0.05) is 12.1 Å². The Morgan fingerprint density at radius 3 is 2.42 bits per heavy atom. The quantitative estimate of drug-likeness (QED) is 0.476. The molecule has 4 rings (SSSR count). The van der Waals surface area contributed by atoms with Crippen molar-refractivity contribution in [3.8, 4) is 22.6 Å². The Balaban J connectivity index is 1.68. The number of carbonyl (C=O) groups is 1. The fourth-order valence-corrected chi connectivity index (χ4v) is 3.40. The molecular formula is C23H19F2N5O3. The summed E-state index contributed by atoms with van der Waals surface area (Å²) in [5.74, 6) is -2.65. The number of amides is 1. The molecule has 4 aromatic rings. The van der Waals surface area contributed by atoms with Crippen LogP contribution >= 0.6 is 0 Å². The average molecular weight is 451 g/mol. The second kappa shape index (κ2) is 8.65. The van der Waals surface area contributed by atoms with E-state index in [4.69, 9.17) is 4.42 Å². The molecule has 10 heteroatoms. The van der Waals surface area contributed by atoms with E-state index in [0.717, 1.165) is 27.9 Å². The third-order valence-corrected chi connectivity index (χ3v) is 5.02. The molecule has 168 valence electrons. The van der Waals surface area contributed by atoms with Crippen LogP contribution in [0.5, 0.6) is 0 Å². The standard InChI is InChI=1S/C23H19F2N5O3/c1-12-9-14(28-21(31)19-17(24)5-4-6-18(19)25)7-8-15(12)16-10-13(11-27-20(16)26-2)22-29-30(3)23(32)33-22/h4-11H,1-3H3,(H,26,27)(H,28,31). The lowest BCUT2D eigenvalue weighted by molar-refractivity contribution is 0.101. The lowest BCUT2D eigenvalue weighted by Gasteiger charge is -2.14. The van der Waals surface area contributed by atoms with Crippen LogP contribution in [0.2, 0.25) is 0 Å². The zero-order valence-corrected chi connectivity index (χ0v) is 17.9. The van der Waals surface area contributed by atoms with Gasteiger partial charge in [-0.25, -0.2) is 18.6 Å². The summed E-state index contributed by atoms with van der Waals surface area (Å²) in [6.45, 7) is 1.82. The zero-order chi connectivity index (χ0) is 23.7. The monoisotopic (exact) mass is 451 g/mol. The molecule has 0 aliphatic heterocycles. The van der Waals surface area contributed by atoms with Gasteiger partial charge in [0.05, 0.1) is 5.56 Å². The van der Waals surface area contributed by atoms with Gasteiger partial charge >= 0.3 is 5.76 Å². The Kier molecular flexibility index (Phi) is 5.74.